The maximum atomic E-state index is 9.67. The molecule has 1 N–H and O–H groups in total. The Morgan fingerprint density at radius 2 is 1.65 bits per heavy atom. The third-order valence-corrected chi connectivity index (χ3v) is 4.64. The number of rotatable bonds is 14. The molecule has 0 saturated carbocycles. The lowest BCUT2D eigenvalue weighted by molar-refractivity contribution is 0.00710. The minimum Gasteiger partial charge on any atom is -0.379 e. The number of hydrogen-bond donors (Lipinski definition) is 1. The molecule has 0 saturated heterocycles. The largest absolute Gasteiger partial charge is 0.379 e. The number of hydrogen-bond acceptors (Lipinski definition) is 3. The third kappa shape index (κ3) is 9.93. The highest BCUT2D eigenvalue weighted by Gasteiger charge is 2.23. The highest BCUT2D eigenvalue weighted by atomic mass is 16.3. The lowest BCUT2D eigenvalue weighted by Gasteiger charge is -2.25. The van der Waals surface area contributed by atoms with E-state index in [1.54, 1.807) is 0 Å². The fourth-order valence-corrected chi connectivity index (χ4v) is 3.16. The number of unbranched alkanes of at least 4 members (excludes halogenated alkanes) is 9. The number of nitrogens with zero attached hydrogens (tertiary/aromatic N) is 2. The van der Waals surface area contributed by atoms with Crippen molar-refractivity contribution in [1.82, 2.24) is 4.90 Å². The summed E-state index contributed by atoms with van der Waals surface area (Å²) in [4.78, 5) is 6.53. The average Bonchev–Trinajstić information content (AvgIpc) is 3.00. The Morgan fingerprint density at radius 3 is 2.30 bits per heavy atom. The van der Waals surface area contributed by atoms with Crippen molar-refractivity contribution in [2.75, 3.05) is 6.54 Å². The van der Waals surface area contributed by atoms with Crippen LogP contribution in [0.15, 0.2) is 17.1 Å². The number of allylic oxidation sites excluding steroid dienone is 2. The van der Waals surface area contributed by atoms with Crippen LogP contribution in [0.2, 0.25) is 0 Å². The van der Waals surface area contributed by atoms with Gasteiger partial charge in [-0.1, -0.05) is 64.0 Å². The zero-order valence-corrected chi connectivity index (χ0v) is 15.4. The zero-order valence-electron chi connectivity index (χ0n) is 15.4. The molecule has 0 fully saturated rings. The molecule has 0 bridgehead atoms. The fourth-order valence-electron chi connectivity index (χ4n) is 3.16. The molecule has 0 aliphatic carbocycles. The molecule has 3 nitrogen and oxygen atoms in total. The van der Waals surface area contributed by atoms with Crippen molar-refractivity contribution in [3.63, 3.8) is 0 Å². The molecule has 2 atom stereocenters. The van der Waals surface area contributed by atoms with Gasteiger partial charge in [-0.05, 0) is 39.0 Å². The van der Waals surface area contributed by atoms with Gasteiger partial charge in [0.1, 0.15) is 12.4 Å². The summed E-state index contributed by atoms with van der Waals surface area (Å²) in [6.07, 6.45) is 22.1. The van der Waals surface area contributed by atoms with Crippen LogP contribution in [-0.4, -0.2) is 35.2 Å². The SMILES string of the molecule is CCC/C=C/CCCCCCCCCCC1N=CCN1C(C)O. The van der Waals surface area contributed by atoms with E-state index in [4.69, 9.17) is 0 Å². The van der Waals surface area contributed by atoms with Gasteiger partial charge >= 0.3 is 0 Å². The first-order valence-corrected chi connectivity index (χ1v) is 9.86. The molecule has 0 radical (unpaired) electrons. The van der Waals surface area contributed by atoms with E-state index in [1.807, 2.05) is 13.1 Å². The van der Waals surface area contributed by atoms with E-state index in [-0.39, 0.29) is 12.4 Å². The first-order chi connectivity index (χ1) is 11.3. The van der Waals surface area contributed by atoms with Gasteiger partial charge in [0.25, 0.3) is 0 Å². The van der Waals surface area contributed by atoms with Crippen LogP contribution in [0.5, 0.6) is 0 Å². The maximum absolute atomic E-state index is 9.67. The quantitative estimate of drug-likeness (QED) is 0.348. The van der Waals surface area contributed by atoms with Gasteiger partial charge in [-0.2, -0.15) is 0 Å². The van der Waals surface area contributed by atoms with Gasteiger partial charge in [-0.3, -0.25) is 9.89 Å². The van der Waals surface area contributed by atoms with Gasteiger partial charge in [0.2, 0.25) is 0 Å². The Kier molecular flexibility index (Phi) is 12.2. The highest BCUT2D eigenvalue weighted by Crippen LogP contribution is 2.17. The fraction of sp³-hybridized carbons (Fsp3) is 0.850. The van der Waals surface area contributed by atoms with Crippen LogP contribution in [-0.2, 0) is 0 Å². The van der Waals surface area contributed by atoms with Gasteiger partial charge in [0.15, 0.2) is 0 Å². The maximum Gasteiger partial charge on any atom is 0.106 e. The first kappa shape index (κ1) is 20.4. The van der Waals surface area contributed by atoms with E-state index >= 15 is 0 Å². The van der Waals surface area contributed by atoms with Crippen LogP contribution in [0.25, 0.3) is 0 Å². The van der Waals surface area contributed by atoms with Gasteiger partial charge < -0.3 is 5.11 Å². The smallest absolute Gasteiger partial charge is 0.106 e. The summed E-state index contributed by atoms with van der Waals surface area (Å²) < 4.78 is 0. The Bertz CT molecular complexity index is 326. The molecule has 1 rings (SSSR count). The molecule has 23 heavy (non-hydrogen) atoms. The Labute approximate surface area is 143 Å². The summed E-state index contributed by atoms with van der Waals surface area (Å²) in [5, 5.41) is 9.67. The van der Waals surface area contributed by atoms with Crippen molar-refractivity contribution in [2.45, 2.75) is 103 Å². The van der Waals surface area contributed by atoms with Gasteiger partial charge in [0, 0.05) is 12.8 Å². The topological polar surface area (TPSA) is 35.8 Å². The molecule has 1 heterocycles. The predicted octanol–water partition coefficient (Wildman–Crippen LogP) is 5.29. The van der Waals surface area contributed by atoms with Crippen LogP contribution in [0.3, 0.4) is 0 Å². The second kappa shape index (κ2) is 13.7. The Hall–Kier alpha value is -0.670. The number of aliphatic hydroxyl groups is 1. The second-order valence-electron chi connectivity index (χ2n) is 6.81. The zero-order chi connectivity index (χ0) is 16.8. The minimum absolute atomic E-state index is 0.218. The van der Waals surface area contributed by atoms with E-state index in [1.165, 1.54) is 70.6 Å². The van der Waals surface area contributed by atoms with Crippen LogP contribution in [0.1, 0.15) is 90.9 Å². The summed E-state index contributed by atoms with van der Waals surface area (Å²) in [7, 11) is 0. The van der Waals surface area contributed by atoms with Crippen molar-refractivity contribution in [3.05, 3.63) is 12.2 Å². The van der Waals surface area contributed by atoms with Gasteiger partial charge in [-0.15, -0.1) is 0 Å². The highest BCUT2D eigenvalue weighted by molar-refractivity contribution is 5.62. The number of aliphatic imine (C=N–C) groups is 1. The van der Waals surface area contributed by atoms with Crippen molar-refractivity contribution >= 4 is 6.21 Å². The molecule has 0 aromatic rings. The summed E-state index contributed by atoms with van der Waals surface area (Å²) in [6, 6.07) is 0. The lowest BCUT2D eigenvalue weighted by Crippen LogP contribution is -2.37. The molecule has 3 heteroatoms. The van der Waals surface area contributed by atoms with Crippen LogP contribution in [0, 0.1) is 0 Å². The lowest BCUT2D eigenvalue weighted by atomic mass is 10.1. The van der Waals surface area contributed by atoms with Crippen molar-refractivity contribution in [2.24, 2.45) is 4.99 Å². The average molecular weight is 323 g/mol. The monoisotopic (exact) mass is 322 g/mol. The van der Waals surface area contributed by atoms with Crippen molar-refractivity contribution < 1.29 is 5.11 Å². The molecular formula is C20H38N2O. The number of aliphatic hydroxyl groups excluding tert-OH is 1. The summed E-state index contributed by atoms with van der Waals surface area (Å²) in [5.41, 5.74) is 0. The molecule has 0 spiro atoms. The third-order valence-electron chi connectivity index (χ3n) is 4.64. The van der Waals surface area contributed by atoms with Crippen LogP contribution in [0.4, 0.5) is 0 Å². The molecule has 1 aliphatic rings. The molecule has 0 aromatic heterocycles. The normalized spacial score (nSPS) is 19.9. The van der Waals surface area contributed by atoms with E-state index < -0.39 is 0 Å². The van der Waals surface area contributed by atoms with E-state index in [0.29, 0.717) is 0 Å². The van der Waals surface area contributed by atoms with Gasteiger partial charge in [-0.25, -0.2) is 0 Å². The Morgan fingerprint density at radius 1 is 1.04 bits per heavy atom. The standard InChI is InChI=1S/C20H38N2O/c1-3-4-5-6-7-8-9-10-11-12-13-14-15-16-20-21-17-18-22(20)19(2)23/h5-6,17,19-20,23H,3-4,7-16,18H2,1-2H3/b6-5+. The molecule has 0 amide bonds. The molecular weight excluding hydrogens is 284 g/mol. The summed E-state index contributed by atoms with van der Waals surface area (Å²) >= 11 is 0. The van der Waals surface area contributed by atoms with Crippen LogP contribution >= 0.6 is 0 Å². The molecule has 1 aliphatic heterocycles. The second-order valence-corrected chi connectivity index (χ2v) is 6.81. The molecule has 2 unspecified atom stereocenters. The minimum atomic E-state index is -0.376. The molecule has 0 aromatic carbocycles. The molecule has 134 valence electrons. The first-order valence-electron chi connectivity index (χ1n) is 9.86. The van der Waals surface area contributed by atoms with E-state index in [2.05, 4.69) is 29.0 Å². The summed E-state index contributed by atoms with van der Waals surface area (Å²) in [6.45, 7) is 4.87. The Balaban J connectivity index is 1.84. The van der Waals surface area contributed by atoms with Crippen molar-refractivity contribution in [3.8, 4) is 0 Å². The van der Waals surface area contributed by atoms with Gasteiger partial charge in [0.05, 0.1) is 0 Å². The predicted molar refractivity (Wildman–Crippen MR) is 101 cm³/mol. The van der Waals surface area contributed by atoms with Crippen molar-refractivity contribution in [1.29, 1.82) is 0 Å². The van der Waals surface area contributed by atoms with E-state index in [9.17, 15) is 5.11 Å². The van der Waals surface area contributed by atoms with Crippen LogP contribution < -0.4 is 0 Å². The summed E-state index contributed by atoms with van der Waals surface area (Å²) in [5.74, 6) is 0. The van der Waals surface area contributed by atoms with E-state index in [0.717, 1.165) is 13.0 Å².